The molecular formula is C16H17IO. The molecule has 0 aromatic heterocycles. The molecule has 0 radical (unpaired) electrons. The van der Waals surface area contributed by atoms with Crippen LogP contribution in [0.25, 0.3) is 0 Å². The molecular weight excluding hydrogens is 335 g/mol. The van der Waals surface area contributed by atoms with Crippen molar-refractivity contribution in [2.24, 2.45) is 0 Å². The third kappa shape index (κ3) is 2.45. The van der Waals surface area contributed by atoms with Crippen LogP contribution in [0.2, 0.25) is 0 Å². The summed E-state index contributed by atoms with van der Waals surface area (Å²) in [6.45, 7) is 6.21. The maximum Gasteiger partial charge on any atom is 0.105 e. The van der Waals surface area contributed by atoms with Crippen molar-refractivity contribution in [3.63, 3.8) is 0 Å². The summed E-state index contributed by atoms with van der Waals surface area (Å²) >= 11 is 2.31. The van der Waals surface area contributed by atoms with E-state index in [1.54, 1.807) is 0 Å². The number of halogens is 1. The summed E-state index contributed by atoms with van der Waals surface area (Å²) < 4.78 is 1.14. The van der Waals surface area contributed by atoms with Crippen LogP contribution >= 0.6 is 22.6 Å². The molecule has 0 aliphatic rings. The number of aliphatic hydroxyl groups excluding tert-OH is 1. The number of aryl methyl sites for hydroxylation is 2. The molecule has 0 amide bonds. The van der Waals surface area contributed by atoms with Gasteiger partial charge in [0.15, 0.2) is 0 Å². The number of rotatable bonds is 2. The fourth-order valence-electron chi connectivity index (χ4n) is 2.12. The highest BCUT2D eigenvalue weighted by Crippen LogP contribution is 2.30. The summed E-state index contributed by atoms with van der Waals surface area (Å²) in [5, 5.41) is 10.6. The Morgan fingerprint density at radius 1 is 0.889 bits per heavy atom. The number of hydrogen-bond donors (Lipinski definition) is 1. The van der Waals surface area contributed by atoms with Crippen LogP contribution < -0.4 is 0 Å². The van der Waals surface area contributed by atoms with Gasteiger partial charge in [0.1, 0.15) is 6.10 Å². The molecule has 1 N–H and O–H groups in total. The summed E-state index contributed by atoms with van der Waals surface area (Å²) in [6, 6.07) is 12.2. The van der Waals surface area contributed by atoms with E-state index in [9.17, 15) is 5.11 Å². The predicted molar refractivity (Wildman–Crippen MR) is 83.9 cm³/mol. The molecule has 0 aliphatic carbocycles. The Bertz CT molecular complexity index is 524. The van der Waals surface area contributed by atoms with Gasteiger partial charge in [-0.2, -0.15) is 0 Å². The first-order chi connectivity index (χ1) is 8.52. The van der Waals surface area contributed by atoms with Crippen LogP contribution in [0.3, 0.4) is 0 Å². The van der Waals surface area contributed by atoms with Crippen molar-refractivity contribution >= 4 is 22.6 Å². The first-order valence-corrected chi connectivity index (χ1v) is 7.09. The van der Waals surface area contributed by atoms with E-state index in [0.717, 1.165) is 14.7 Å². The van der Waals surface area contributed by atoms with Crippen LogP contribution in [0, 0.1) is 24.3 Å². The van der Waals surface area contributed by atoms with Gasteiger partial charge in [-0.05, 0) is 71.2 Å². The molecule has 2 rings (SSSR count). The molecule has 0 aliphatic heterocycles. The normalized spacial score (nSPS) is 12.5. The summed E-state index contributed by atoms with van der Waals surface area (Å²) in [7, 11) is 0. The molecule has 94 valence electrons. The van der Waals surface area contributed by atoms with Gasteiger partial charge in [0.05, 0.1) is 0 Å². The van der Waals surface area contributed by atoms with Gasteiger partial charge >= 0.3 is 0 Å². The van der Waals surface area contributed by atoms with E-state index in [2.05, 4.69) is 55.5 Å². The lowest BCUT2D eigenvalue weighted by molar-refractivity contribution is 0.218. The molecule has 1 atom stereocenters. The van der Waals surface area contributed by atoms with E-state index in [1.807, 2.05) is 24.3 Å². The lowest BCUT2D eigenvalue weighted by Gasteiger charge is -2.18. The highest BCUT2D eigenvalue weighted by Gasteiger charge is 2.16. The van der Waals surface area contributed by atoms with Crippen molar-refractivity contribution in [2.75, 3.05) is 0 Å². The maximum absolute atomic E-state index is 10.6. The molecule has 0 fully saturated rings. The van der Waals surface area contributed by atoms with Gasteiger partial charge in [-0.3, -0.25) is 0 Å². The average Bonchev–Trinajstić information content (AvgIpc) is 2.35. The minimum Gasteiger partial charge on any atom is -0.384 e. The topological polar surface area (TPSA) is 20.2 Å². The van der Waals surface area contributed by atoms with Crippen LogP contribution in [0.15, 0.2) is 36.4 Å². The molecule has 18 heavy (non-hydrogen) atoms. The van der Waals surface area contributed by atoms with Gasteiger partial charge < -0.3 is 5.11 Å². The Kier molecular flexibility index (Phi) is 4.07. The Hall–Kier alpha value is -0.870. The monoisotopic (exact) mass is 352 g/mol. The van der Waals surface area contributed by atoms with Gasteiger partial charge in [-0.15, -0.1) is 0 Å². The lowest BCUT2D eigenvalue weighted by Crippen LogP contribution is -2.05. The van der Waals surface area contributed by atoms with Crippen LogP contribution in [-0.4, -0.2) is 5.11 Å². The Balaban J connectivity index is 2.51. The lowest BCUT2D eigenvalue weighted by atomic mass is 9.94. The predicted octanol–water partition coefficient (Wildman–Crippen LogP) is 4.30. The third-order valence-electron chi connectivity index (χ3n) is 3.46. The SMILES string of the molecule is Cc1cccc(C(O)c2cccc(C)c2I)c1C. The Labute approximate surface area is 122 Å². The fraction of sp³-hybridized carbons (Fsp3) is 0.250. The van der Waals surface area contributed by atoms with Crippen LogP contribution in [0.1, 0.15) is 33.9 Å². The molecule has 2 heteroatoms. The van der Waals surface area contributed by atoms with Crippen molar-refractivity contribution < 1.29 is 5.11 Å². The van der Waals surface area contributed by atoms with E-state index >= 15 is 0 Å². The third-order valence-corrected chi connectivity index (χ3v) is 4.93. The first-order valence-electron chi connectivity index (χ1n) is 6.01. The average molecular weight is 352 g/mol. The van der Waals surface area contributed by atoms with Gasteiger partial charge in [0.25, 0.3) is 0 Å². The molecule has 0 bridgehead atoms. The van der Waals surface area contributed by atoms with Crippen molar-refractivity contribution in [1.82, 2.24) is 0 Å². The van der Waals surface area contributed by atoms with Crippen LogP contribution in [0.5, 0.6) is 0 Å². The molecule has 2 aromatic carbocycles. The standard InChI is InChI=1S/C16H17IO/c1-10-6-4-8-13(12(10)3)16(18)14-9-5-7-11(2)15(14)17/h4-9,16,18H,1-3H3. The van der Waals surface area contributed by atoms with Crippen molar-refractivity contribution in [3.8, 4) is 0 Å². The second kappa shape index (κ2) is 5.41. The number of aliphatic hydroxyl groups is 1. The zero-order valence-electron chi connectivity index (χ0n) is 10.9. The Morgan fingerprint density at radius 3 is 2.11 bits per heavy atom. The molecule has 0 saturated heterocycles. The van der Waals surface area contributed by atoms with E-state index in [4.69, 9.17) is 0 Å². The van der Waals surface area contributed by atoms with E-state index in [1.165, 1.54) is 16.7 Å². The molecule has 0 saturated carbocycles. The Morgan fingerprint density at radius 2 is 1.44 bits per heavy atom. The first kappa shape index (κ1) is 13.6. The second-order valence-electron chi connectivity index (χ2n) is 4.67. The largest absolute Gasteiger partial charge is 0.384 e. The quantitative estimate of drug-likeness (QED) is 0.799. The minimum atomic E-state index is -0.545. The fourth-order valence-corrected chi connectivity index (χ4v) is 2.77. The van der Waals surface area contributed by atoms with Crippen LogP contribution in [-0.2, 0) is 0 Å². The summed E-state index contributed by atoms with van der Waals surface area (Å²) in [4.78, 5) is 0. The summed E-state index contributed by atoms with van der Waals surface area (Å²) in [5.41, 5.74) is 5.58. The van der Waals surface area contributed by atoms with Crippen LogP contribution in [0.4, 0.5) is 0 Å². The maximum atomic E-state index is 10.6. The second-order valence-corrected chi connectivity index (χ2v) is 5.75. The summed E-state index contributed by atoms with van der Waals surface area (Å²) in [5.74, 6) is 0. The van der Waals surface area contributed by atoms with Gasteiger partial charge in [-0.1, -0.05) is 36.4 Å². The van der Waals surface area contributed by atoms with Crippen molar-refractivity contribution in [1.29, 1.82) is 0 Å². The minimum absolute atomic E-state index is 0.545. The van der Waals surface area contributed by atoms with E-state index in [0.29, 0.717) is 0 Å². The zero-order chi connectivity index (χ0) is 13.3. The molecule has 2 aromatic rings. The number of hydrogen-bond acceptors (Lipinski definition) is 1. The van der Waals surface area contributed by atoms with Crippen molar-refractivity contribution in [2.45, 2.75) is 26.9 Å². The highest BCUT2D eigenvalue weighted by molar-refractivity contribution is 14.1. The summed E-state index contributed by atoms with van der Waals surface area (Å²) in [6.07, 6.45) is -0.545. The molecule has 1 nitrogen and oxygen atoms in total. The van der Waals surface area contributed by atoms with Gasteiger partial charge in [0.2, 0.25) is 0 Å². The van der Waals surface area contributed by atoms with Crippen molar-refractivity contribution in [3.05, 3.63) is 67.8 Å². The molecule has 1 unspecified atom stereocenters. The zero-order valence-corrected chi connectivity index (χ0v) is 13.0. The molecule has 0 spiro atoms. The smallest absolute Gasteiger partial charge is 0.105 e. The van der Waals surface area contributed by atoms with Gasteiger partial charge in [0, 0.05) is 3.57 Å². The molecule has 0 heterocycles. The van der Waals surface area contributed by atoms with Gasteiger partial charge in [-0.25, -0.2) is 0 Å². The number of benzene rings is 2. The highest BCUT2D eigenvalue weighted by atomic mass is 127. The van der Waals surface area contributed by atoms with E-state index < -0.39 is 6.10 Å². The van der Waals surface area contributed by atoms with E-state index in [-0.39, 0.29) is 0 Å².